The zero-order chi connectivity index (χ0) is 8.69. The minimum atomic E-state index is 0.579. The van der Waals surface area contributed by atoms with Gasteiger partial charge in [0.1, 0.15) is 0 Å². The highest BCUT2D eigenvalue weighted by Gasteiger charge is 2.10. The Bertz CT molecular complexity index is 79.6. The van der Waals surface area contributed by atoms with Crippen molar-refractivity contribution in [2.24, 2.45) is 0 Å². The molecular weight excluding hydrogens is 136 g/mol. The van der Waals surface area contributed by atoms with E-state index in [1.54, 1.807) is 0 Å². The van der Waals surface area contributed by atoms with Gasteiger partial charge in [-0.25, -0.2) is 0 Å². The Hall–Kier alpha value is -0.0800. The van der Waals surface area contributed by atoms with Gasteiger partial charge in [-0.05, 0) is 26.6 Å². The monoisotopic (exact) mass is 158 g/mol. The maximum atomic E-state index is 3.33. The highest BCUT2D eigenvalue weighted by Crippen LogP contribution is 2.02. The zero-order valence-electron chi connectivity index (χ0n) is 8.35. The van der Waals surface area contributed by atoms with Crippen molar-refractivity contribution < 1.29 is 0 Å². The first-order valence-electron chi connectivity index (χ1n) is 4.71. The first-order valence-corrected chi connectivity index (χ1v) is 4.71. The molecule has 0 aliphatic rings. The normalized spacial score (nSPS) is 13.9. The standard InChI is InChI=1S/C9H22N2/c1-5-8-9(10-4)11(6-2)7-3/h9-10H,5-8H2,1-4H3. The second-order valence-corrected chi connectivity index (χ2v) is 2.81. The van der Waals surface area contributed by atoms with Gasteiger partial charge in [0.2, 0.25) is 0 Å². The van der Waals surface area contributed by atoms with Crippen molar-refractivity contribution >= 4 is 0 Å². The van der Waals surface area contributed by atoms with Crippen molar-refractivity contribution in [3.05, 3.63) is 0 Å². The summed E-state index contributed by atoms with van der Waals surface area (Å²) in [5, 5.41) is 3.33. The van der Waals surface area contributed by atoms with E-state index in [1.807, 2.05) is 7.05 Å². The van der Waals surface area contributed by atoms with Gasteiger partial charge >= 0.3 is 0 Å². The molecule has 0 aromatic carbocycles. The number of nitrogens with zero attached hydrogens (tertiary/aromatic N) is 1. The van der Waals surface area contributed by atoms with Gasteiger partial charge < -0.3 is 5.32 Å². The molecule has 0 heterocycles. The van der Waals surface area contributed by atoms with Crippen molar-refractivity contribution in [1.29, 1.82) is 0 Å². The molecule has 0 saturated carbocycles. The fourth-order valence-corrected chi connectivity index (χ4v) is 1.45. The quantitative estimate of drug-likeness (QED) is 0.592. The molecule has 0 amide bonds. The van der Waals surface area contributed by atoms with E-state index in [-0.39, 0.29) is 0 Å². The highest BCUT2D eigenvalue weighted by molar-refractivity contribution is 4.64. The van der Waals surface area contributed by atoms with Gasteiger partial charge in [-0.3, -0.25) is 4.90 Å². The fourth-order valence-electron chi connectivity index (χ4n) is 1.45. The smallest absolute Gasteiger partial charge is 0.0594 e. The van der Waals surface area contributed by atoms with Crippen LogP contribution in [0.1, 0.15) is 33.6 Å². The predicted molar refractivity (Wildman–Crippen MR) is 50.7 cm³/mol. The predicted octanol–water partition coefficient (Wildman–Crippen LogP) is 1.67. The molecule has 0 spiro atoms. The highest BCUT2D eigenvalue weighted by atomic mass is 15.2. The molecule has 1 atom stereocenters. The SMILES string of the molecule is CCCC(NC)N(CC)CC. The van der Waals surface area contributed by atoms with Gasteiger partial charge in [0, 0.05) is 0 Å². The maximum Gasteiger partial charge on any atom is 0.0594 e. The van der Waals surface area contributed by atoms with Gasteiger partial charge in [-0.15, -0.1) is 0 Å². The third kappa shape index (κ3) is 3.73. The Morgan fingerprint density at radius 3 is 2.00 bits per heavy atom. The largest absolute Gasteiger partial charge is 0.305 e. The molecule has 0 radical (unpaired) electrons. The fraction of sp³-hybridized carbons (Fsp3) is 1.00. The lowest BCUT2D eigenvalue weighted by Crippen LogP contribution is -2.43. The van der Waals surface area contributed by atoms with E-state index < -0.39 is 0 Å². The van der Waals surface area contributed by atoms with Crippen LogP contribution < -0.4 is 5.32 Å². The van der Waals surface area contributed by atoms with E-state index in [2.05, 4.69) is 31.0 Å². The van der Waals surface area contributed by atoms with Gasteiger partial charge in [-0.1, -0.05) is 27.2 Å². The van der Waals surface area contributed by atoms with Crippen LogP contribution in [0.25, 0.3) is 0 Å². The number of hydrogen-bond acceptors (Lipinski definition) is 2. The molecule has 11 heavy (non-hydrogen) atoms. The van der Waals surface area contributed by atoms with Crippen LogP contribution in [0.3, 0.4) is 0 Å². The number of nitrogens with one attached hydrogen (secondary N) is 1. The van der Waals surface area contributed by atoms with Crippen molar-refractivity contribution in [3.63, 3.8) is 0 Å². The van der Waals surface area contributed by atoms with Crippen molar-refractivity contribution in [1.82, 2.24) is 10.2 Å². The summed E-state index contributed by atoms with van der Waals surface area (Å²) in [7, 11) is 2.04. The van der Waals surface area contributed by atoms with E-state index >= 15 is 0 Å². The minimum absolute atomic E-state index is 0.579. The topological polar surface area (TPSA) is 15.3 Å². The molecule has 2 nitrogen and oxygen atoms in total. The lowest BCUT2D eigenvalue weighted by atomic mass is 10.2. The molecule has 0 bridgehead atoms. The van der Waals surface area contributed by atoms with Crippen LogP contribution in [0.5, 0.6) is 0 Å². The Kier molecular flexibility index (Phi) is 6.57. The maximum absolute atomic E-state index is 3.33. The molecule has 0 saturated heterocycles. The van der Waals surface area contributed by atoms with Crippen LogP contribution in [-0.4, -0.2) is 31.2 Å². The van der Waals surface area contributed by atoms with Gasteiger partial charge in [0.15, 0.2) is 0 Å². The Morgan fingerprint density at radius 2 is 1.73 bits per heavy atom. The van der Waals surface area contributed by atoms with Crippen LogP contribution in [0, 0.1) is 0 Å². The van der Waals surface area contributed by atoms with Gasteiger partial charge in [0.25, 0.3) is 0 Å². The van der Waals surface area contributed by atoms with E-state index in [9.17, 15) is 0 Å². The van der Waals surface area contributed by atoms with E-state index in [0.29, 0.717) is 6.17 Å². The molecule has 0 rings (SSSR count). The van der Waals surface area contributed by atoms with Crippen LogP contribution >= 0.6 is 0 Å². The van der Waals surface area contributed by atoms with E-state index in [4.69, 9.17) is 0 Å². The van der Waals surface area contributed by atoms with Crippen molar-refractivity contribution in [3.8, 4) is 0 Å². The summed E-state index contributed by atoms with van der Waals surface area (Å²) in [6, 6.07) is 0. The van der Waals surface area contributed by atoms with Crippen molar-refractivity contribution in [2.75, 3.05) is 20.1 Å². The lowest BCUT2D eigenvalue weighted by molar-refractivity contribution is 0.180. The second kappa shape index (κ2) is 6.62. The van der Waals surface area contributed by atoms with Gasteiger partial charge in [0.05, 0.1) is 6.17 Å². The van der Waals surface area contributed by atoms with E-state index in [1.165, 1.54) is 12.8 Å². The molecular formula is C9H22N2. The molecule has 1 unspecified atom stereocenters. The summed E-state index contributed by atoms with van der Waals surface area (Å²) in [5.41, 5.74) is 0. The number of hydrogen-bond donors (Lipinski definition) is 1. The third-order valence-corrected chi connectivity index (χ3v) is 2.15. The summed E-state index contributed by atoms with van der Waals surface area (Å²) < 4.78 is 0. The Balaban J connectivity index is 3.76. The van der Waals surface area contributed by atoms with Crippen molar-refractivity contribution in [2.45, 2.75) is 39.8 Å². The molecule has 0 aromatic heterocycles. The molecule has 2 heteroatoms. The van der Waals surface area contributed by atoms with Crippen LogP contribution in [0.15, 0.2) is 0 Å². The van der Waals surface area contributed by atoms with E-state index in [0.717, 1.165) is 13.1 Å². The zero-order valence-corrected chi connectivity index (χ0v) is 8.35. The average molecular weight is 158 g/mol. The molecule has 0 aliphatic heterocycles. The van der Waals surface area contributed by atoms with Crippen LogP contribution in [-0.2, 0) is 0 Å². The summed E-state index contributed by atoms with van der Waals surface area (Å²) >= 11 is 0. The number of rotatable bonds is 6. The van der Waals surface area contributed by atoms with Crippen LogP contribution in [0.4, 0.5) is 0 Å². The lowest BCUT2D eigenvalue weighted by Gasteiger charge is -2.28. The molecule has 1 N–H and O–H groups in total. The summed E-state index contributed by atoms with van der Waals surface area (Å²) in [4.78, 5) is 2.45. The first-order chi connectivity index (χ1) is 5.29. The second-order valence-electron chi connectivity index (χ2n) is 2.81. The molecule has 0 fully saturated rings. The minimum Gasteiger partial charge on any atom is -0.305 e. The third-order valence-electron chi connectivity index (χ3n) is 2.15. The molecule has 0 aromatic rings. The molecule has 68 valence electrons. The van der Waals surface area contributed by atoms with Crippen LogP contribution in [0.2, 0.25) is 0 Å². The molecule has 0 aliphatic carbocycles. The summed E-state index contributed by atoms with van der Waals surface area (Å²) in [5.74, 6) is 0. The average Bonchev–Trinajstić information content (AvgIpc) is 2.05. The first kappa shape index (κ1) is 10.9. The summed E-state index contributed by atoms with van der Waals surface area (Å²) in [6.45, 7) is 8.94. The van der Waals surface area contributed by atoms with Gasteiger partial charge in [-0.2, -0.15) is 0 Å². The summed E-state index contributed by atoms with van der Waals surface area (Å²) in [6.07, 6.45) is 3.08. The Morgan fingerprint density at radius 1 is 1.18 bits per heavy atom. The Labute approximate surface area is 71.0 Å².